The largest absolute Gasteiger partial charge is 0.481 e. The summed E-state index contributed by atoms with van der Waals surface area (Å²) in [6.07, 6.45) is 3.69. The number of halogens is 1. The number of hydrogen-bond donors (Lipinski definition) is 2. The quantitative estimate of drug-likeness (QED) is 0.591. The van der Waals surface area contributed by atoms with E-state index in [1.54, 1.807) is 19.4 Å². The highest BCUT2D eigenvalue weighted by Gasteiger charge is 2.45. The summed E-state index contributed by atoms with van der Waals surface area (Å²) in [5.41, 5.74) is 1.69. The Kier molecular flexibility index (Phi) is 5.71. The second-order valence-corrected chi connectivity index (χ2v) is 6.52. The van der Waals surface area contributed by atoms with Gasteiger partial charge in [-0.05, 0) is 43.0 Å². The highest BCUT2D eigenvalue weighted by Crippen LogP contribution is 2.48. The van der Waals surface area contributed by atoms with Crippen molar-refractivity contribution in [1.82, 2.24) is 15.6 Å². The van der Waals surface area contributed by atoms with Crippen molar-refractivity contribution in [2.45, 2.75) is 31.7 Å². The first-order chi connectivity index (χ1) is 12.7. The predicted molar refractivity (Wildman–Crippen MR) is 101 cm³/mol. The third-order valence-electron chi connectivity index (χ3n) is 4.67. The first kappa shape index (κ1) is 18.2. The maximum absolute atomic E-state index is 14.1. The summed E-state index contributed by atoms with van der Waals surface area (Å²) in [6.45, 7) is 3.97. The van der Waals surface area contributed by atoms with Crippen molar-refractivity contribution < 1.29 is 9.13 Å². The molecule has 0 bridgehead atoms. The van der Waals surface area contributed by atoms with Gasteiger partial charge in [0.05, 0.1) is 13.7 Å². The van der Waals surface area contributed by atoms with Crippen molar-refractivity contribution in [3.63, 3.8) is 0 Å². The maximum Gasteiger partial charge on any atom is 0.213 e. The molecule has 1 aliphatic carbocycles. The first-order valence-corrected chi connectivity index (χ1v) is 8.93. The van der Waals surface area contributed by atoms with E-state index < -0.39 is 0 Å². The number of methoxy groups -OCH3 is 1. The van der Waals surface area contributed by atoms with Crippen molar-refractivity contribution in [3.8, 4) is 5.88 Å². The van der Waals surface area contributed by atoms with E-state index in [4.69, 9.17) is 4.74 Å². The Labute approximate surface area is 153 Å². The Bertz CT molecular complexity index is 774. The van der Waals surface area contributed by atoms with Gasteiger partial charge in [-0.25, -0.2) is 14.4 Å². The molecule has 6 heteroatoms. The predicted octanol–water partition coefficient (Wildman–Crippen LogP) is 3.02. The molecule has 0 amide bonds. The monoisotopic (exact) mass is 356 g/mol. The summed E-state index contributed by atoms with van der Waals surface area (Å²) in [6, 6.07) is 10.8. The van der Waals surface area contributed by atoms with E-state index in [0.717, 1.165) is 36.5 Å². The minimum atomic E-state index is -0.127. The molecule has 0 spiro atoms. The van der Waals surface area contributed by atoms with Gasteiger partial charge in [0.2, 0.25) is 5.88 Å². The molecule has 1 aromatic heterocycles. The van der Waals surface area contributed by atoms with Crippen LogP contribution >= 0.6 is 0 Å². The smallest absolute Gasteiger partial charge is 0.213 e. The molecule has 0 unspecified atom stereocenters. The van der Waals surface area contributed by atoms with E-state index in [-0.39, 0.29) is 11.2 Å². The summed E-state index contributed by atoms with van der Waals surface area (Å²) < 4.78 is 19.3. The molecule has 0 saturated heterocycles. The molecule has 1 aromatic carbocycles. The van der Waals surface area contributed by atoms with Gasteiger partial charge >= 0.3 is 0 Å². The summed E-state index contributed by atoms with van der Waals surface area (Å²) in [5.74, 6) is 1.18. The second-order valence-electron chi connectivity index (χ2n) is 6.52. The average molecular weight is 356 g/mol. The number of nitrogens with zero attached hydrogens (tertiary/aromatic N) is 2. The lowest BCUT2D eigenvalue weighted by Gasteiger charge is -2.19. The van der Waals surface area contributed by atoms with Crippen LogP contribution in [0.3, 0.4) is 0 Å². The fraction of sp³-hybridized carbons (Fsp3) is 0.400. The zero-order chi connectivity index (χ0) is 18.4. The normalized spacial score (nSPS) is 15.4. The molecule has 0 radical (unpaired) electrons. The average Bonchev–Trinajstić information content (AvgIpc) is 3.45. The molecular formula is C20H25FN4O. The first-order valence-electron chi connectivity index (χ1n) is 8.93. The molecule has 1 fully saturated rings. The van der Waals surface area contributed by atoms with E-state index in [2.05, 4.69) is 20.6 Å². The molecule has 5 nitrogen and oxygen atoms in total. The van der Waals surface area contributed by atoms with Gasteiger partial charge in [-0.1, -0.05) is 18.2 Å². The number of nitrogens with one attached hydrogen (secondary N) is 2. The maximum atomic E-state index is 14.1. The minimum Gasteiger partial charge on any atom is -0.481 e. The van der Waals surface area contributed by atoms with Gasteiger partial charge in [0.25, 0.3) is 0 Å². The molecule has 2 N–H and O–H groups in total. The fourth-order valence-electron chi connectivity index (χ4n) is 3.01. The van der Waals surface area contributed by atoms with Gasteiger partial charge in [0, 0.05) is 30.8 Å². The number of rotatable bonds is 7. The summed E-state index contributed by atoms with van der Waals surface area (Å²) in [4.78, 5) is 8.73. The molecular weight excluding hydrogens is 331 g/mol. The van der Waals surface area contributed by atoms with Gasteiger partial charge in [-0.3, -0.25) is 0 Å². The van der Waals surface area contributed by atoms with Gasteiger partial charge in [-0.15, -0.1) is 0 Å². The zero-order valence-corrected chi connectivity index (χ0v) is 15.3. The fourth-order valence-corrected chi connectivity index (χ4v) is 3.01. The van der Waals surface area contributed by atoms with E-state index in [1.165, 1.54) is 6.07 Å². The highest BCUT2D eigenvalue weighted by molar-refractivity contribution is 5.80. The molecule has 0 aliphatic heterocycles. The molecule has 1 heterocycles. The number of guanidine groups is 1. The van der Waals surface area contributed by atoms with Crippen LogP contribution in [0.4, 0.5) is 4.39 Å². The summed E-state index contributed by atoms with van der Waals surface area (Å²) in [7, 11) is 1.60. The molecule has 2 aromatic rings. The van der Waals surface area contributed by atoms with Gasteiger partial charge in [-0.2, -0.15) is 0 Å². The van der Waals surface area contributed by atoms with Crippen LogP contribution in [0.2, 0.25) is 0 Å². The molecule has 26 heavy (non-hydrogen) atoms. The van der Waals surface area contributed by atoms with E-state index in [0.29, 0.717) is 19.0 Å². The van der Waals surface area contributed by atoms with Crippen LogP contribution in [-0.4, -0.2) is 31.1 Å². The van der Waals surface area contributed by atoms with Crippen LogP contribution in [0.25, 0.3) is 0 Å². The second kappa shape index (κ2) is 8.17. The Morgan fingerprint density at radius 3 is 2.77 bits per heavy atom. The van der Waals surface area contributed by atoms with Crippen LogP contribution in [0.5, 0.6) is 5.88 Å². The van der Waals surface area contributed by atoms with Gasteiger partial charge in [0.15, 0.2) is 5.96 Å². The van der Waals surface area contributed by atoms with Crippen molar-refractivity contribution in [1.29, 1.82) is 0 Å². The number of ether oxygens (including phenoxy) is 1. The molecule has 138 valence electrons. The van der Waals surface area contributed by atoms with Crippen molar-refractivity contribution >= 4 is 5.96 Å². The van der Waals surface area contributed by atoms with E-state index in [9.17, 15) is 4.39 Å². The number of hydrogen-bond acceptors (Lipinski definition) is 3. The van der Waals surface area contributed by atoms with Crippen LogP contribution in [0, 0.1) is 5.82 Å². The lowest BCUT2D eigenvalue weighted by molar-refractivity contribution is 0.397. The molecule has 1 saturated carbocycles. The lowest BCUT2D eigenvalue weighted by Crippen LogP contribution is -2.41. The van der Waals surface area contributed by atoms with Crippen molar-refractivity contribution in [2.75, 3.05) is 20.2 Å². The lowest BCUT2D eigenvalue weighted by atomic mass is 9.95. The number of benzene rings is 1. The summed E-state index contributed by atoms with van der Waals surface area (Å²) in [5, 5.41) is 6.62. The van der Waals surface area contributed by atoms with Crippen molar-refractivity contribution in [3.05, 3.63) is 59.5 Å². The molecule has 3 rings (SSSR count). The molecule has 0 atom stereocenters. The number of aromatic nitrogens is 1. The van der Waals surface area contributed by atoms with Crippen LogP contribution < -0.4 is 15.4 Å². The Morgan fingerprint density at radius 1 is 1.27 bits per heavy atom. The van der Waals surface area contributed by atoms with Crippen LogP contribution in [0.1, 0.15) is 30.9 Å². The minimum absolute atomic E-state index is 0.124. The van der Waals surface area contributed by atoms with Gasteiger partial charge < -0.3 is 15.4 Å². The van der Waals surface area contributed by atoms with Crippen LogP contribution in [-0.2, 0) is 12.0 Å². The molecule has 1 aliphatic rings. The van der Waals surface area contributed by atoms with E-state index >= 15 is 0 Å². The van der Waals surface area contributed by atoms with E-state index in [1.807, 2.05) is 31.2 Å². The van der Waals surface area contributed by atoms with Gasteiger partial charge in [0.1, 0.15) is 5.82 Å². The highest BCUT2D eigenvalue weighted by atomic mass is 19.1. The Hall–Kier alpha value is -2.63. The van der Waals surface area contributed by atoms with Crippen LogP contribution in [0.15, 0.2) is 47.6 Å². The number of aliphatic imine (C=N–C) groups is 1. The zero-order valence-electron chi connectivity index (χ0n) is 15.3. The summed E-state index contributed by atoms with van der Waals surface area (Å²) >= 11 is 0. The van der Waals surface area contributed by atoms with Crippen molar-refractivity contribution in [2.24, 2.45) is 4.99 Å². The third kappa shape index (κ3) is 4.31. The topological polar surface area (TPSA) is 58.5 Å². The Morgan fingerprint density at radius 2 is 2.08 bits per heavy atom. The SMILES string of the molecule is CCNC(=NCc1ccnc(OC)c1)NCC1(c2ccccc2F)CC1. The standard InChI is InChI=1S/C20H25FN4O/c1-3-22-19(24-13-15-8-11-23-18(12-15)26-2)25-14-20(9-10-20)16-6-4-5-7-17(16)21/h4-8,11-12H,3,9-10,13-14H2,1-2H3,(H2,22,24,25). The third-order valence-corrected chi connectivity index (χ3v) is 4.67. The number of pyridine rings is 1. The Balaban J connectivity index is 1.66.